The molecule has 0 aromatic heterocycles. The number of carbonyl (C=O) groups excluding carboxylic acids is 1. The average Bonchev–Trinajstić information content (AvgIpc) is 1.95. The Morgan fingerprint density at radius 2 is 1.92 bits per heavy atom. The van der Waals surface area contributed by atoms with E-state index in [1.54, 1.807) is 0 Å². The number of alkyl halides is 1. The lowest BCUT2D eigenvalue weighted by atomic mass is 10.2. The van der Waals surface area contributed by atoms with E-state index in [1.807, 2.05) is 0 Å². The summed E-state index contributed by atoms with van der Waals surface area (Å²) in [7, 11) is -3.00. The van der Waals surface area contributed by atoms with Crippen molar-refractivity contribution in [1.29, 1.82) is 0 Å². The Balaban J connectivity index is 3.58. The van der Waals surface area contributed by atoms with Crippen LogP contribution in [0.1, 0.15) is 19.3 Å². The van der Waals surface area contributed by atoms with E-state index in [0.29, 0.717) is 18.7 Å². The quantitative estimate of drug-likeness (QED) is 0.618. The van der Waals surface area contributed by atoms with Crippen LogP contribution in [-0.4, -0.2) is 32.1 Å². The molecule has 0 fully saturated rings. The fourth-order valence-corrected chi connectivity index (χ4v) is 1.42. The summed E-state index contributed by atoms with van der Waals surface area (Å²) < 4.78 is 21.3. The van der Waals surface area contributed by atoms with Crippen LogP contribution in [0.5, 0.6) is 0 Å². The van der Waals surface area contributed by atoms with Crippen LogP contribution >= 0.6 is 11.6 Å². The minimum Gasteiger partial charge on any atom is -0.300 e. The van der Waals surface area contributed by atoms with Gasteiger partial charge in [0, 0.05) is 25.0 Å². The molecule has 0 unspecified atom stereocenters. The Labute approximate surface area is 78.0 Å². The fourth-order valence-electron chi connectivity index (χ4n) is 0.688. The highest BCUT2D eigenvalue weighted by Crippen LogP contribution is 1.98. The van der Waals surface area contributed by atoms with Crippen molar-refractivity contribution in [3.8, 4) is 0 Å². The fraction of sp³-hybridized carbons (Fsp3) is 0.857. The number of sulfone groups is 1. The second kappa shape index (κ2) is 5.54. The normalized spacial score (nSPS) is 11.5. The van der Waals surface area contributed by atoms with E-state index in [-0.39, 0.29) is 18.0 Å². The standard InChI is InChI=1S/C7H13ClO3S/c1-12(10,11)6-4-7(9)3-2-5-8/h2-6H2,1H3. The summed E-state index contributed by atoms with van der Waals surface area (Å²) in [6.45, 7) is 0. The van der Waals surface area contributed by atoms with Crippen molar-refractivity contribution in [1.82, 2.24) is 0 Å². The second-order valence-electron chi connectivity index (χ2n) is 2.71. The Bertz CT molecular complexity index is 233. The largest absolute Gasteiger partial charge is 0.300 e. The van der Waals surface area contributed by atoms with E-state index in [1.165, 1.54) is 0 Å². The summed E-state index contributed by atoms with van der Waals surface area (Å²) in [6, 6.07) is 0. The zero-order chi connectivity index (χ0) is 9.61. The maximum absolute atomic E-state index is 10.9. The highest BCUT2D eigenvalue weighted by molar-refractivity contribution is 7.90. The van der Waals surface area contributed by atoms with Gasteiger partial charge in [0.25, 0.3) is 0 Å². The highest BCUT2D eigenvalue weighted by atomic mass is 35.5. The van der Waals surface area contributed by atoms with Crippen LogP contribution in [0.3, 0.4) is 0 Å². The molecule has 0 bridgehead atoms. The number of halogens is 1. The first-order chi connectivity index (χ1) is 5.45. The molecule has 0 amide bonds. The number of carbonyl (C=O) groups is 1. The van der Waals surface area contributed by atoms with Crippen LogP contribution in [0, 0.1) is 0 Å². The number of hydrogen-bond acceptors (Lipinski definition) is 3. The van der Waals surface area contributed by atoms with Crippen molar-refractivity contribution in [2.75, 3.05) is 17.9 Å². The van der Waals surface area contributed by atoms with Gasteiger partial charge in [-0.05, 0) is 6.42 Å². The van der Waals surface area contributed by atoms with Gasteiger partial charge in [-0.15, -0.1) is 11.6 Å². The minimum atomic E-state index is -3.00. The summed E-state index contributed by atoms with van der Waals surface area (Å²) in [4.78, 5) is 10.9. The predicted octanol–water partition coefficient (Wildman–Crippen LogP) is 1.01. The molecule has 3 nitrogen and oxygen atoms in total. The molecule has 0 aliphatic carbocycles. The SMILES string of the molecule is CS(=O)(=O)CCC(=O)CCCCl. The summed E-state index contributed by atoms with van der Waals surface area (Å²) >= 11 is 5.37. The maximum atomic E-state index is 10.9. The molecule has 0 aromatic rings. The molecule has 0 saturated carbocycles. The van der Waals surface area contributed by atoms with Gasteiger partial charge in [0.1, 0.15) is 15.6 Å². The van der Waals surface area contributed by atoms with Gasteiger partial charge in [-0.1, -0.05) is 0 Å². The summed E-state index contributed by atoms with van der Waals surface area (Å²) in [5.74, 6) is 0.375. The monoisotopic (exact) mass is 212 g/mol. The molecule has 0 N–H and O–H groups in total. The molecule has 0 spiro atoms. The molecular weight excluding hydrogens is 200 g/mol. The molecule has 0 saturated heterocycles. The molecule has 12 heavy (non-hydrogen) atoms. The molecule has 0 atom stereocenters. The van der Waals surface area contributed by atoms with Gasteiger partial charge in [0.2, 0.25) is 0 Å². The first-order valence-electron chi connectivity index (χ1n) is 3.71. The molecule has 0 aliphatic heterocycles. The van der Waals surface area contributed by atoms with E-state index < -0.39 is 9.84 Å². The van der Waals surface area contributed by atoms with Crippen LogP contribution in [0.4, 0.5) is 0 Å². The molecule has 0 radical (unpaired) electrons. The van der Waals surface area contributed by atoms with Crippen LogP contribution in [-0.2, 0) is 14.6 Å². The number of ketones is 1. The van der Waals surface area contributed by atoms with Crippen molar-refractivity contribution in [3.05, 3.63) is 0 Å². The molecular formula is C7H13ClO3S. The third kappa shape index (κ3) is 8.01. The molecule has 0 rings (SSSR count). The second-order valence-corrected chi connectivity index (χ2v) is 5.35. The Hall–Kier alpha value is -0.0900. The lowest BCUT2D eigenvalue weighted by Gasteiger charge is -1.97. The van der Waals surface area contributed by atoms with Crippen molar-refractivity contribution >= 4 is 27.2 Å². The predicted molar refractivity (Wildman–Crippen MR) is 49.3 cm³/mol. The maximum Gasteiger partial charge on any atom is 0.147 e. The van der Waals surface area contributed by atoms with Crippen LogP contribution in [0.2, 0.25) is 0 Å². The van der Waals surface area contributed by atoms with Crippen molar-refractivity contribution in [2.24, 2.45) is 0 Å². The van der Waals surface area contributed by atoms with Gasteiger partial charge in [-0.25, -0.2) is 8.42 Å². The van der Waals surface area contributed by atoms with E-state index >= 15 is 0 Å². The average molecular weight is 213 g/mol. The van der Waals surface area contributed by atoms with Gasteiger partial charge in [0.05, 0.1) is 5.75 Å². The third-order valence-electron chi connectivity index (χ3n) is 1.34. The first-order valence-corrected chi connectivity index (χ1v) is 6.30. The van der Waals surface area contributed by atoms with Gasteiger partial charge in [0.15, 0.2) is 0 Å². The smallest absolute Gasteiger partial charge is 0.147 e. The van der Waals surface area contributed by atoms with Crippen LogP contribution in [0.25, 0.3) is 0 Å². The molecule has 0 aromatic carbocycles. The van der Waals surface area contributed by atoms with Gasteiger partial charge >= 0.3 is 0 Å². The van der Waals surface area contributed by atoms with Gasteiger partial charge in [-0.3, -0.25) is 4.79 Å². The van der Waals surface area contributed by atoms with Gasteiger partial charge < -0.3 is 0 Å². The third-order valence-corrected chi connectivity index (χ3v) is 2.55. The first kappa shape index (κ1) is 11.9. The van der Waals surface area contributed by atoms with E-state index in [2.05, 4.69) is 0 Å². The summed E-state index contributed by atoms with van der Waals surface area (Å²) in [5.41, 5.74) is 0. The van der Waals surface area contributed by atoms with Crippen molar-refractivity contribution < 1.29 is 13.2 Å². The number of hydrogen-bond donors (Lipinski definition) is 0. The van der Waals surface area contributed by atoms with Crippen LogP contribution in [0.15, 0.2) is 0 Å². The Kier molecular flexibility index (Phi) is 5.50. The van der Waals surface area contributed by atoms with E-state index in [0.717, 1.165) is 6.26 Å². The lowest BCUT2D eigenvalue weighted by molar-refractivity contribution is -0.118. The zero-order valence-corrected chi connectivity index (χ0v) is 8.62. The van der Waals surface area contributed by atoms with E-state index in [9.17, 15) is 13.2 Å². The van der Waals surface area contributed by atoms with Gasteiger partial charge in [-0.2, -0.15) is 0 Å². The Morgan fingerprint density at radius 1 is 1.33 bits per heavy atom. The summed E-state index contributed by atoms with van der Waals surface area (Å²) in [6.07, 6.45) is 2.26. The zero-order valence-electron chi connectivity index (χ0n) is 7.05. The van der Waals surface area contributed by atoms with Crippen LogP contribution < -0.4 is 0 Å². The van der Waals surface area contributed by atoms with Crippen molar-refractivity contribution in [2.45, 2.75) is 19.3 Å². The van der Waals surface area contributed by atoms with E-state index in [4.69, 9.17) is 11.6 Å². The Morgan fingerprint density at radius 3 is 2.33 bits per heavy atom. The number of Topliss-reactive ketones (excluding diaryl/α,β-unsaturated/α-hetero) is 1. The lowest BCUT2D eigenvalue weighted by Crippen LogP contribution is -2.09. The highest BCUT2D eigenvalue weighted by Gasteiger charge is 2.07. The molecule has 0 aliphatic rings. The molecule has 72 valence electrons. The van der Waals surface area contributed by atoms with Crippen molar-refractivity contribution in [3.63, 3.8) is 0 Å². The molecule has 5 heteroatoms. The minimum absolute atomic E-state index is 0.0268. The topological polar surface area (TPSA) is 51.2 Å². The summed E-state index contributed by atoms with van der Waals surface area (Å²) in [5, 5.41) is 0. The number of rotatable bonds is 6. The molecule has 0 heterocycles.